The van der Waals surface area contributed by atoms with E-state index < -0.39 is 11.8 Å². The van der Waals surface area contributed by atoms with Crippen molar-refractivity contribution in [3.05, 3.63) is 46.1 Å². The summed E-state index contributed by atoms with van der Waals surface area (Å²) in [6.45, 7) is 0. The molecular formula is C12H8Cl2FN3O2. The number of aromatic nitrogens is 2. The van der Waals surface area contributed by atoms with E-state index in [4.69, 9.17) is 23.2 Å². The van der Waals surface area contributed by atoms with E-state index in [1.165, 1.54) is 31.6 Å². The number of hydrogen-bond donors (Lipinski definition) is 1. The highest BCUT2D eigenvalue weighted by Crippen LogP contribution is 2.28. The first kappa shape index (κ1) is 14.5. The summed E-state index contributed by atoms with van der Waals surface area (Å²) in [4.78, 5) is 19.2. The van der Waals surface area contributed by atoms with Gasteiger partial charge in [-0.25, -0.2) is 14.2 Å². The van der Waals surface area contributed by atoms with Crippen LogP contribution in [0.4, 0.5) is 15.9 Å². The molecule has 5 nitrogen and oxygen atoms in total. The smallest absolute Gasteiger partial charge is 0.358 e. The van der Waals surface area contributed by atoms with E-state index >= 15 is 0 Å². The molecule has 2 aromatic rings. The van der Waals surface area contributed by atoms with Gasteiger partial charge in [-0.15, -0.1) is 0 Å². The number of carbonyl (C=O) groups excluding carboxylic acids is 1. The molecule has 0 aliphatic rings. The van der Waals surface area contributed by atoms with Crippen LogP contribution in [0.15, 0.2) is 24.5 Å². The Bertz CT molecular complexity index is 644. The average Bonchev–Trinajstić information content (AvgIpc) is 2.44. The van der Waals surface area contributed by atoms with Gasteiger partial charge >= 0.3 is 5.97 Å². The molecule has 0 aliphatic heterocycles. The van der Waals surface area contributed by atoms with E-state index in [0.29, 0.717) is 5.69 Å². The third-order valence-electron chi connectivity index (χ3n) is 2.29. The van der Waals surface area contributed by atoms with Crippen LogP contribution in [-0.4, -0.2) is 23.0 Å². The summed E-state index contributed by atoms with van der Waals surface area (Å²) < 4.78 is 17.8. The third kappa shape index (κ3) is 3.15. The number of nitrogens with zero attached hydrogens (tertiary/aromatic N) is 2. The van der Waals surface area contributed by atoms with Crippen molar-refractivity contribution in [1.82, 2.24) is 9.97 Å². The molecule has 0 saturated heterocycles. The number of methoxy groups -OCH3 is 1. The van der Waals surface area contributed by atoms with Gasteiger partial charge in [-0.2, -0.15) is 0 Å². The average molecular weight is 316 g/mol. The number of benzene rings is 1. The molecule has 0 radical (unpaired) electrons. The lowest BCUT2D eigenvalue weighted by atomic mass is 10.3. The van der Waals surface area contributed by atoms with Crippen molar-refractivity contribution >= 4 is 40.7 Å². The van der Waals surface area contributed by atoms with Crippen molar-refractivity contribution in [2.24, 2.45) is 0 Å². The Labute approximate surface area is 123 Å². The van der Waals surface area contributed by atoms with Crippen LogP contribution in [0, 0.1) is 5.82 Å². The molecule has 104 valence electrons. The highest BCUT2D eigenvalue weighted by molar-refractivity contribution is 6.35. The van der Waals surface area contributed by atoms with Gasteiger partial charge in [-0.05, 0) is 12.1 Å². The molecule has 0 bridgehead atoms. The monoisotopic (exact) mass is 315 g/mol. The molecule has 1 heterocycles. The molecular weight excluding hydrogens is 308 g/mol. The molecule has 20 heavy (non-hydrogen) atoms. The highest BCUT2D eigenvalue weighted by atomic mass is 35.5. The molecule has 1 aromatic heterocycles. The number of halogens is 3. The lowest BCUT2D eigenvalue weighted by molar-refractivity contribution is 0.0593. The summed E-state index contributed by atoms with van der Waals surface area (Å²) in [5.74, 6) is -1.05. The first-order valence-corrected chi connectivity index (χ1v) is 6.09. The summed E-state index contributed by atoms with van der Waals surface area (Å²) in [5, 5.41) is 2.56. The zero-order valence-electron chi connectivity index (χ0n) is 10.2. The van der Waals surface area contributed by atoms with Gasteiger partial charge in [0.2, 0.25) is 0 Å². The molecule has 0 fully saturated rings. The van der Waals surface area contributed by atoms with E-state index in [1.54, 1.807) is 0 Å². The van der Waals surface area contributed by atoms with Gasteiger partial charge in [0, 0.05) is 5.69 Å². The Hall–Kier alpha value is -1.92. The summed E-state index contributed by atoms with van der Waals surface area (Å²) in [5.41, 5.74) is 0.453. The zero-order valence-corrected chi connectivity index (χ0v) is 11.7. The minimum atomic E-state index is -0.701. The van der Waals surface area contributed by atoms with E-state index in [9.17, 15) is 9.18 Å². The molecule has 1 N–H and O–H groups in total. The number of ether oxygens (including phenoxy) is 1. The second-order valence-corrected chi connectivity index (χ2v) is 4.47. The fourth-order valence-electron chi connectivity index (χ4n) is 1.40. The number of esters is 1. The first-order chi connectivity index (χ1) is 9.51. The second kappa shape index (κ2) is 6.02. The summed E-state index contributed by atoms with van der Waals surface area (Å²) in [6.07, 6.45) is 2.65. The number of hydrogen-bond acceptors (Lipinski definition) is 5. The number of rotatable bonds is 3. The first-order valence-electron chi connectivity index (χ1n) is 5.33. The zero-order chi connectivity index (χ0) is 14.7. The quantitative estimate of drug-likeness (QED) is 0.694. The van der Waals surface area contributed by atoms with Crippen molar-refractivity contribution in [3.8, 4) is 0 Å². The molecule has 0 saturated carbocycles. The lowest BCUT2D eigenvalue weighted by Gasteiger charge is -2.08. The van der Waals surface area contributed by atoms with Gasteiger partial charge < -0.3 is 10.1 Å². The molecule has 0 amide bonds. The molecule has 2 rings (SSSR count). The fourth-order valence-corrected chi connectivity index (χ4v) is 1.89. The molecule has 8 heteroatoms. The molecule has 0 spiro atoms. The maximum absolute atomic E-state index is 13.3. The highest BCUT2D eigenvalue weighted by Gasteiger charge is 2.11. The Morgan fingerprint density at radius 3 is 2.55 bits per heavy atom. The minimum Gasteiger partial charge on any atom is -0.464 e. The van der Waals surface area contributed by atoms with Crippen LogP contribution in [0.25, 0.3) is 0 Å². The predicted octanol–water partition coefficient (Wildman–Crippen LogP) is 3.45. The van der Waals surface area contributed by atoms with Crippen LogP contribution in [0.2, 0.25) is 10.0 Å². The Morgan fingerprint density at radius 1 is 1.30 bits per heavy atom. The summed E-state index contributed by atoms with van der Waals surface area (Å²) >= 11 is 11.4. The maximum Gasteiger partial charge on any atom is 0.358 e. The van der Waals surface area contributed by atoms with Crippen LogP contribution in [0.1, 0.15) is 10.5 Å². The van der Waals surface area contributed by atoms with Gasteiger partial charge in [0.05, 0.1) is 29.5 Å². The molecule has 0 aliphatic carbocycles. The number of nitrogens with one attached hydrogen (secondary N) is 1. The predicted molar refractivity (Wildman–Crippen MR) is 73.1 cm³/mol. The Balaban J connectivity index is 2.28. The van der Waals surface area contributed by atoms with Crippen molar-refractivity contribution in [2.45, 2.75) is 0 Å². The van der Waals surface area contributed by atoms with Gasteiger partial charge in [-0.1, -0.05) is 23.2 Å². The number of anilines is 2. The fraction of sp³-hybridized carbons (Fsp3) is 0.0833. The van der Waals surface area contributed by atoms with E-state index in [1.807, 2.05) is 0 Å². The molecule has 0 atom stereocenters. The van der Waals surface area contributed by atoms with Gasteiger partial charge in [0.1, 0.15) is 5.82 Å². The standard InChI is InChI=1S/C12H8Cl2FN3O2/c1-20-12(19)9-4-16-5-10(18-9)17-6-2-7(13)11(15)8(14)3-6/h2-5H,1H3,(H,17,18). The van der Waals surface area contributed by atoms with Crippen LogP contribution < -0.4 is 5.32 Å². The Kier molecular flexibility index (Phi) is 4.36. The van der Waals surface area contributed by atoms with Crippen LogP contribution in [-0.2, 0) is 4.74 Å². The van der Waals surface area contributed by atoms with E-state index in [2.05, 4.69) is 20.0 Å². The van der Waals surface area contributed by atoms with E-state index in [0.717, 1.165) is 0 Å². The second-order valence-electron chi connectivity index (χ2n) is 3.66. The van der Waals surface area contributed by atoms with Crippen molar-refractivity contribution in [3.63, 3.8) is 0 Å². The van der Waals surface area contributed by atoms with Crippen LogP contribution >= 0.6 is 23.2 Å². The third-order valence-corrected chi connectivity index (χ3v) is 2.84. The summed E-state index contributed by atoms with van der Waals surface area (Å²) in [6, 6.07) is 2.69. The summed E-state index contributed by atoms with van der Waals surface area (Å²) in [7, 11) is 1.24. The SMILES string of the molecule is COC(=O)c1cncc(Nc2cc(Cl)c(F)c(Cl)c2)n1. The lowest BCUT2D eigenvalue weighted by Crippen LogP contribution is -2.06. The van der Waals surface area contributed by atoms with Crippen molar-refractivity contribution in [1.29, 1.82) is 0 Å². The van der Waals surface area contributed by atoms with Gasteiger partial charge in [0.15, 0.2) is 11.5 Å². The minimum absolute atomic E-state index is 0.0387. The van der Waals surface area contributed by atoms with Crippen molar-refractivity contribution in [2.75, 3.05) is 12.4 Å². The normalized spacial score (nSPS) is 10.2. The van der Waals surface area contributed by atoms with Gasteiger partial charge in [0.25, 0.3) is 0 Å². The van der Waals surface area contributed by atoms with E-state index in [-0.39, 0.29) is 21.6 Å². The Morgan fingerprint density at radius 2 is 1.95 bits per heavy atom. The van der Waals surface area contributed by atoms with Crippen LogP contribution in [0.5, 0.6) is 0 Å². The van der Waals surface area contributed by atoms with Crippen molar-refractivity contribution < 1.29 is 13.9 Å². The topological polar surface area (TPSA) is 64.1 Å². The largest absolute Gasteiger partial charge is 0.464 e. The number of carbonyl (C=O) groups is 1. The van der Waals surface area contributed by atoms with Gasteiger partial charge in [-0.3, -0.25) is 4.98 Å². The molecule has 1 aromatic carbocycles. The maximum atomic E-state index is 13.3. The van der Waals surface area contributed by atoms with Crippen LogP contribution in [0.3, 0.4) is 0 Å². The molecule has 0 unspecified atom stereocenters.